The lowest BCUT2D eigenvalue weighted by Crippen LogP contribution is -2.44. The van der Waals surface area contributed by atoms with Gasteiger partial charge in [-0.25, -0.2) is 23.6 Å². The van der Waals surface area contributed by atoms with Crippen molar-refractivity contribution >= 4 is 67.1 Å². The summed E-state index contributed by atoms with van der Waals surface area (Å²) in [6, 6.07) is 14.0. The van der Waals surface area contributed by atoms with E-state index in [0.29, 0.717) is 69.7 Å². The van der Waals surface area contributed by atoms with Crippen molar-refractivity contribution in [1.29, 1.82) is 10.0 Å². The number of nitrogens with zero attached hydrogens (tertiary/aromatic N) is 8. The number of morpholine rings is 1. The number of halogens is 4. The molecule has 2 aliphatic heterocycles. The molecular weight excluding hydrogens is 897 g/mol. The van der Waals surface area contributed by atoms with Gasteiger partial charge in [-0.3, -0.25) is 19.3 Å². The minimum atomic E-state index is -4.86. The van der Waals surface area contributed by atoms with Gasteiger partial charge < -0.3 is 24.4 Å². The number of hydrogen-bond donors (Lipinski definition) is 2. The van der Waals surface area contributed by atoms with Gasteiger partial charge in [0.2, 0.25) is 0 Å². The number of anilines is 3. The number of carbonyl (C=O) groups is 2. The summed E-state index contributed by atoms with van der Waals surface area (Å²) in [7, 11) is -2.93. The number of aryl methyl sites for hydroxylation is 1. The van der Waals surface area contributed by atoms with Gasteiger partial charge in [-0.1, -0.05) is 12.8 Å². The smallest absolute Gasteiger partial charge is 0.377 e. The first-order valence-electron chi connectivity index (χ1n) is 21.6. The Hall–Kier alpha value is -6.04. The lowest BCUT2D eigenvalue weighted by molar-refractivity contribution is -0.137. The van der Waals surface area contributed by atoms with Crippen molar-refractivity contribution in [3.63, 3.8) is 0 Å². The van der Waals surface area contributed by atoms with E-state index in [9.17, 15) is 32.2 Å². The highest BCUT2D eigenvalue weighted by molar-refractivity contribution is 7.93. The van der Waals surface area contributed by atoms with Crippen LogP contribution in [0.5, 0.6) is 0 Å². The number of hydrogen-bond acceptors (Lipinski definition) is 11. The van der Waals surface area contributed by atoms with E-state index < -0.39 is 54.9 Å². The number of fused-ring (bicyclic) bond motifs is 1. The Labute approximate surface area is 384 Å². The molecule has 8 rings (SSSR count). The number of amides is 2. The quantitative estimate of drug-likeness (QED) is 0.0623. The summed E-state index contributed by atoms with van der Waals surface area (Å²) < 4.78 is 85.5. The normalized spacial score (nSPS) is 19.0. The second-order valence-corrected chi connectivity index (χ2v) is 20.3. The van der Waals surface area contributed by atoms with Crippen LogP contribution in [0.15, 0.2) is 67.0 Å². The maximum absolute atomic E-state index is 15.6. The summed E-state index contributed by atoms with van der Waals surface area (Å²) in [6.45, 7) is 7.83. The van der Waals surface area contributed by atoms with Crippen LogP contribution in [-0.4, -0.2) is 84.8 Å². The molecule has 1 aliphatic carbocycles. The number of unbranched alkanes of at least 4 members (excludes halogenated alkanes) is 3. The van der Waals surface area contributed by atoms with E-state index in [1.54, 1.807) is 6.20 Å². The highest BCUT2D eigenvalue weighted by Gasteiger charge is 2.53. The molecule has 14 nitrogen and oxygen atoms in total. The van der Waals surface area contributed by atoms with Crippen LogP contribution >= 0.6 is 12.2 Å². The number of ether oxygens (including phenoxy) is 1. The molecule has 2 saturated heterocycles. The zero-order chi connectivity index (χ0) is 47.3. The summed E-state index contributed by atoms with van der Waals surface area (Å²) in [5.74, 6) is -0.946. The Bertz CT molecular complexity index is 2910. The van der Waals surface area contributed by atoms with Crippen molar-refractivity contribution in [2.45, 2.75) is 88.3 Å². The van der Waals surface area contributed by atoms with E-state index in [2.05, 4.69) is 26.7 Å². The van der Waals surface area contributed by atoms with Crippen LogP contribution in [0, 0.1) is 21.9 Å². The maximum atomic E-state index is 15.6. The third-order valence-electron chi connectivity index (χ3n) is 12.6. The number of pyridine rings is 1. The number of carbonyl (C=O) groups excluding carboxylic acids is 2. The summed E-state index contributed by atoms with van der Waals surface area (Å²) in [5.41, 5.74) is -1.37. The van der Waals surface area contributed by atoms with Crippen LogP contribution in [0.4, 0.5) is 34.8 Å². The number of rotatable bonds is 14. The van der Waals surface area contributed by atoms with Crippen molar-refractivity contribution in [3.05, 3.63) is 95.2 Å². The number of benzene rings is 2. The highest BCUT2D eigenvalue weighted by atomic mass is 32.2. The van der Waals surface area contributed by atoms with Crippen LogP contribution in [-0.2, 0) is 36.7 Å². The number of thiocarbonyl (C=S) groups is 1. The SMILES string of the molecule is C[C@@H]1COCCN1c1cc(C2([S@](C)(=N)=O)CC2)nc(-c2ccnc3c2ccn3CCCCCCNC(=O)c2ccc(N3C(=S)N(c4ccc(C#N)c(C(F)(F)F)c4)C(=O)C3(C)C)cc2F)n1. The summed E-state index contributed by atoms with van der Waals surface area (Å²) in [4.78, 5) is 45.7. The Kier molecular flexibility index (Phi) is 12.4. The van der Waals surface area contributed by atoms with Crippen LogP contribution in [0.25, 0.3) is 22.4 Å². The predicted molar refractivity (Wildman–Crippen MR) is 246 cm³/mol. The number of nitrogens with one attached hydrogen (secondary N) is 2. The first-order valence-corrected chi connectivity index (χ1v) is 23.9. The van der Waals surface area contributed by atoms with Gasteiger partial charge >= 0.3 is 6.18 Å². The first-order chi connectivity index (χ1) is 31.3. The molecule has 0 unspecified atom stereocenters. The van der Waals surface area contributed by atoms with Gasteiger partial charge in [0.05, 0.1) is 67.9 Å². The number of alkyl halides is 3. The van der Waals surface area contributed by atoms with Gasteiger partial charge in [-0.15, -0.1) is 0 Å². The third-order valence-corrected chi connectivity index (χ3v) is 15.1. The molecule has 2 N–H and O–H groups in total. The molecule has 3 fully saturated rings. The average molecular weight is 945 g/mol. The molecule has 5 aromatic rings. The van der Waals surface area contributed by atoms with E-state index in [-0.39, 0.29) is 28.1 Å². The molecule has 20 heteroatoms. The Morgan fingerprint density at radius 1 is 1.06 bits per heavy atom. The largest absolute Gasteiger partial charge is 0.417 e. The Morgan fingerprint density at radius 2 is 1.80 bits per heavy atom. The van der Waals surface area contributed by atoms with Gasteiger partial charge in [-0.05, 0) is 107 Å². The molecule has 3 aliphatic rings. The minimum Gasteiger partial charge on any atom is -0.377 e. The molecule has 5 heterocycles. The molecule has 66 heavy (non-hydrogen) atoms. The van der Waals surface area contributed by atoms with E-state index in [1.165, 1.54) is 49.3 Å². The predicted octanol–water partition coefficient (Wildman–Crippen LogP) is 8.32. The second kappa shape index (κ2) is 17.6. The average Bonchev–Trinajstić information content (AvgIpc) is 3.97. The van der Waals surface area contributed by atoms with Crippen molar-refractivity contribution < 1.29 is 36.1 Å². The zero-order valence-electron chi connectivity index (χ0n) is 36.7. The Morgan fingerprint density at radius 3 is 2.48 bits per heavy atom. The van der Waals surface area contributed by atoms with Gasteiger partial charge in [0, 0.05) is 61.0 Å². The van der Waals surface area contributed by atoms with Crippen molar-refractivity contribution in [2.75, 3.05) is 47.3 Å². The van der Waals surface area contributed by atoms with E-state index in [4.69, 9.17) is 31.7 Å². The van der Waals surface area contributed by atoms with E-state index in [1.807, 2.05) is 24.4 Å². The monoisotopic (exact) mass is 944 g/mol. The molecule has 2 aromatic carbocycles. The molecule has 3 aromatic heterocycles. The molecule has 2 atom stereocenters. The fourth-order valence-corrected chi connectivity index (χ4v) is 10.7. The van der Waals surface area contributed by atoms with E-state index in [0.717, 1.165) is 58.7 Å². The van der Waals surface area contributed by atoms with Gasteiger partial charge in [0.15, 0.2) is 10.9 Å². The Balaban J connectivity index is 0.871. The number of nitriles is 1. The highest BCUT2D eigenvalue weighted by Crippen LogP contribution is 2.53. The molecule has 1 saturated carbocycles. The van der Waals surface area contributed by atoms with Crippen LogP contribution in [0.2, 0.25) is 0 Å². The molecule has 346 valence electrons. The van der Waals surface area contributed by atoms with Crippen molar-refractivity contribution in [1.82, 2.24) is 24.8 Å². The van der Waals surface area contributed by atoms with Gasteiger partial charge in [-0.2, -0.15) is 18.4 Å². The molecule has 2 amide bonds. The summed E-state index contributed by atoms with van der Waals surface area (Å²) in [5, 5.41) is 12.6. The lowest BCUT2D eigenvalue weighted by atomic mass is 10.0. The molecular formula is C46H48F4N10O4S2. The fourth-order valence-electron chi connectivity index (χ4n) is 8.77. The molecule has 0 spiro atoms. The minimum absolute atomic E-state index is 0.0797. The zero-order valence-corrected chi connectivity index (χ0v) is 38.4. The van der Waals surface area contributed by atoms with Crippen LogP contribution in [0.1, 0.15) is 86.5 Å². The summed E-state index contributed by atoms with van der Waals surface area (Å²) in [6.07, 6.45) is 4.71. The van der Waals surface area contributed by atoms with Crippen LogP contribution < -0.4 is 20.0 Å². The third kappa shape index (κ3) is 8.59. The maximum Gasteiger partial charge on any atom is 0.417 e. The van der Waals surface area contributed by atoms with Crippen molar-refractivity contribution in [3.8, 4) is 17.5 Å². The fraction of sp³-hybridized carbons (Fsp3) is 0.413. The van der Waals surface area contributed by atoms with Gasteiger partial charge in [0.1, 0.15) is 22.8 Å². The topological polar surface area (TPSA) is 173 Å². The second-order valence-electron chi connectivity index (χ2n) is 17.5. The summed E-state index contributed by atoms with van der Waals surface area (Å²) >= 11 is 5.55. The lowest BCUT2D eigenvalue weighted by Gasteiger charge is -2.35. The molecule has 0 radical (unpaired) electrons. The molecule has 0 bridgehead atoms. The first kappa shape index (κ1) is 46.5. The number of aromatic nitrogens is 4. The van der Waals surface area contributed by atoms with Crippen molar-refractivity contribution in [2.24, 2.45) is 0 Å². The van der Waals surface area contributed by atoms with E-state index >= 15 is 4.39 Å². The van der Waals surface area contributed by atoms with Gasteiger partial charge in [0.25, 0.3) is 11.8 Å². The van der Waals surface area contributed by atoms with Crippen LogP contribution in [0.3, 0.4) is 0 Å². The standard InChI is InChI=1S/C46H48F4N10O4S2/c1-28-27-64-22-21-58(28)38-25-37(45(15-16-45)66(4,52)63)55-39(56-38)32-13-18-53-40-33(32)14-20-57(40)19-8-6-5-7-17-54-41(61)34-12-11-31(24-36(34)47)60-43(65)59(42(62)44(60,2)3)30-10-9-29(26-51)35(23-30)46(48,49)50/h9-14,18,20,23-25,28,52H,5-8,15-17,19,21-22,27H2,1-4H3,(H,54,61)/t28-,66-/m1/s1.